The molecule has 0 saturated carbocycles. The van der Waals surface area contributed by atoms with Crippen molar-refractivity contribution in [2.24, 2.45) is 0 Å². The van der Waals surface area contributed by atoms with Gasteiger partial charge in [0, 0.05) is 38.8 Å². The molecule has 0 aliphatic carbocycles. The average molecular weight is 533 g/mol. The fourth-order valence-corrected chi connectivity index (χ4v) is 5.57. The summed E-state index contributed by atoms with van der Waals surface area (Å²) in [7, 11) is 1.71. The third-order valence-electron chi connectivity index (χ3n) is 6.81. The molecule has 1 atom stereocenters. The van der Waals surface area contributed by atoms with Crippen LogP contribution in [0.1, 0.15) is 41.9 Å². The fourth-order valence-electron chi connectivity index (χ4n) is 4.71. The van der Waals surface area contributed by atoms with Crippen molar-refractivity contribution in [2.75, 3.05) is 30.4 Å². The molecule has 38 heavy (non-hydrogen) atoms. The van der Waals surface area contributed by atoms with Gasteiger partial charge in [0.15, 0.2) is 12.2 Å². The quantitative estimate of drug-likeness (QED) is 0.359. The van der Waals surface area contributed by atoms with Crippen LogP contribution in [-0.2, 0) is 9.59 Å². The number of oxazole rings is 1. The maximum Gasteiger partial charge on any atom is 0.268 e. The molecule has 3 amide bonds. The Morgan fingerprint density at radius 1 is 1.21 bits per heavy atom. The van der Waals surface area contributed by atoms with Crippen LogP contribution >= 0.6 is 11.3 Å². The minimum absolute atomic E-state index is 0.0161. The molecule has 196 valence electrons. The Balaban J connectivity index is 1.49. The predicted molar refractivity (Wildman–Crippen MR) is 146 cm³/mol. The molecule has 1 aliphatic rings. The van der Waals surface area contributed by atoms with Crippen molar-refractivity contribution in [2.45, 2.75) is 32.2 Å². The number of aromatic nitrogens is 3. The number of benzene rings is 1. The van der Waals surface area contributed by atoms with Gasteiger partial charge in [0.2, 0.25) is 17.8 Å². The number of thiophene rings is 1. The summed E-state index contributed by atoms with van der Waals surface area (Å²) in [5.41, 5.74) is 2.23. The van der Waals surface area contributed by atoms with Gasteiger partial charge in [-0.05, 0) is 55.7 Å². The summed E-state index contributed by atoms with van der Waals surface area (Å²) in [6.45, 7) is 6.36. The molecular weight excluding hydrogens is 504 g/mol. The Bertz CT molecular complexity index is 1510. The summed E-state index contributed by atoms with van der Waals surface area (Å²) in [6, 6.07) is 9.24. The van der Waals surface area contributed by atoms with Crippen LogP contribution in [0.5, 0.6) is 0 Å². The number of carbonyl (C=O) groups excluding carboxylic acids is 3. The number of fused-ring (bicyclic) bond motifs is 1. The van der Waals surface area contributed by atoms with Gasteiger partial charge in [0.1, 0.15) is 0 Å². The van der Waals surface area contributed by atoms with E-state index < -0.39 is 0 Å². The zero-order chi connectivity index (χ0) is 26.8. The molecule has 11 heteroatoms. The Labute approximate surface area is 223 Å². The summed E-state index contributed by atoms with van der Waals surface area (Å²) in [4.78, 5) is 50.9. The summed E-state index contributed by atoms with van der Waals surface area (Å²) in [5, 5.41) is 3.01. The summed E-state index contributed by atoms with van der Waals surface area (Å²) in [6.07, 6.45) is 6.64. The number of nitrogens with zero attached hydrogens (tertiary/aromatic N) is 5. The second-order valence-electron chi connectivity index (χ2n) is 9.15. The molecule has 1 aliphatic heterocycles. The average Bonchev–Trinajstić information content (AvgIpc) is 3.65. The van der Waals surface area contributed by atoms with Gasteiger partial charge in [-0.25, -0.2) is 9.97 Å². The van der Waals surface area contributed by atoms with Crippen LogP contribution in [0.4, 0.5) is 11.6 Å². The monoisotopic (exact) mass is 532 g/mol. The van der Waals surface area contributed by atoms with E-state index in [4.69, 9.17) is 9.40 Å². The minimum Gasteiger partial charge on any atom is -0.443 e. The lowest BCUT2D eigenvalue weighted by Gasteiger charge is -2.21. The van der Waals surface area contributed by atoms with Gasteiger partial charge in [-0.15, -0.1) is 11.3 Å². The molecule has 0 unspecified atom stereocenters. The van der Waals surface area contributed by atoms with Gasteiger partial charge in [0.05, 0.1) is 27.0 Å². The van der Waals surface area contributed by atoms with Gasteiger partial charge in [-0.2, -0.15) is 0 Å². The van der Waals surface area contributed by atoms with Crippen LogP contribution < -0.4 is 10.2 Å². The number of nitrogens with one attached hydrogen (secondary N) is 1. The number of carbonyl (C=O) groups is 3. The maximum atomic E-state index is 13.3. The van der Waals surface area contributed by atoms with Crippen molar-refractivity contribution in [1.29, 1.82) is 0 Å². The maximum absolute atomic E-state index is 13.3. The first-order valence-electron chi connectivity index (χ1n) is 12.3. The second-order valence-corrected chi connectivity index (χ2v) is 10.2. The first kappa shape index (κ1) is 25.4. The third-order valence-corrected chi connectivity index (χ3v) is 7.91. The van der Waals surface area contributed by atoms with E-state index >= 15 is 0 Å². The molecule has 1 saturated heterocycles. The van der Waals surface area contributed by atoms with Crippen LogP contribution in [0.25, 0.3) is 21.7 Å². The van der Waals surface area contributed by atoms with Crippen molar-refractivity contribution in [3.05, 3.63) is 60.5 Å². The zero-order valence-corrected chi connectivity index (χ0v) is 22.0. The normalized spacial score (nSPS) is 15.7. The number of amides is 3. The predicted octanol–water partition coefficient (Wildman–Crippen LogP) is 4.73. The Morgan fingerprint density at radius 3 is 2.79 bits per heavy atom. The SMILES string of the molecule is C=CC(=O)N1CCC[C@@H](n2c(NC(=O)c3ccc(-c4cnco4)s3)nc3cc(N(C)C(C)=O)ccc32)CC1. The van der Waals surface area contributed by atoms with Gasteiger partial charge >= 0.3 is 0 Å². The highest BCUT2D eigenvalue weighted by atomic mass is 32.1. The molecule has 4 heterocycles. The topological polar surface area (TPSA) is 114 Å². The van der Waals surface area contributed by atoms with E-state index in [0.29, 0.717) is 47.3 Å². The largest absolute Gasteiger partial charge is 0.443 e. The summed E-state index contributed by atoms with van der Waals surface area (Å²) in [5.74, 6) is 0.576. The molecule has 5 rings (SSSR count). The van der Waals surface area contributed by atoms with Gasteiger partial charge in [-0.3, -0.25) is 19.7 Å². The Hall–Kier alpha value is -4.25. The standard InChI is InChI=1S/C27H28N6O4S/c1-4-25(35)32-12-5-6-18(11-13-32)33-21-8-7-19(31(3)17(2)34)14-20(21)29-27(33)30-26(36)24-10-9-23(38-24)22-15-28-16-37-22/h4,7-10,14-16,18H,1,5-6,11-13H2,2-3H3,(H,29,30,36)/t18-/m1/s1. The van der Waals surface area contributed by atoms with Gasteiger partial charge < -0.3 is 18.8 Å². The van der Waals surface area contributed by atoms with E-state index in [1.807, 2.05) is 24.3 Å². The zero-order valence-electron chi connectivity index (χ0n) is 21.2. The minimum atomic E-state index is -0.282. The molecule has 1 aromatic carbocycles. The van der Waals surface area contributed by atoms with E-state index in [1.54, 1.807) is 29.1 Å². The van der Waals surface area contributed by atoms with Crippen LogP contribution in [0.15, 0.2) is 60.0 Å². The summed E-state index contributed by atoms with van der Waals surface area (Å²) >= 11 is 1.30. The van der Waals surface area contributed by atoms with Crippen molar-refractivity contribution in [1.82, 2.24) is 19.4 Å². The van der Waals surface area contributed by atoms with Crippen molar-refractivity contribution in [3.63, 3.8) is 0 Å². The molecule has 1 fully saturated rings. The number of rotatable bonds is 6. The number of hydrogen-bond donors (Lipinski definition) is 1. The highest BCUT2D eigenvalue weighted by Gasteiger charge is 2.26. The molecule has 3 aromatic heterocycles. The molecular formula is C27H28N6O4S. The van der Waals surface area contributed by atoms with Crippen molar-refractivity contribution in [3.8, 4) is 10.6 Å². The van der Waals surface area contributed by atoms with E-state index in [9.17, 15) is 14.4 Å². The van der Waals surface area contributed by atoms with Gasteiger partial charge in [-0.1, -0.05) is 6.58 Å². The van der Waals surface area contributed by atoms with Crippen molar-refractivity contribution >= 4 is 51.7 Å². The van der Waals surface area contributed by atoms with Crippen LogP contribution in [-0.4, -0.2) is 57.3 Å². The second kappa shape index (κ2) is 10.6. The van der Waals surface area contributed by atoms with E-state index in [1.165, 1.54) is 30.7 Å². The molecule has 0 spiro atoms. The number of hydrogen-bond acceptors (Lipinski definition) is 7. The lowest BCUT2D eigenvalue weighted by Crippen LogP contribution is -2.30. The number of anilines is 2. The summed E-state index contributed by atoms with van der Waals surface area (Å²) < 4.78 is 7.40. The number of imidazole rings is 1. The first-order valence-corrected chi connectivity index (χ1v) is 13.1. The van der Waals surface area contributed by atoms with Gasteiger partial charge in [0.25, 0.3) is 5.91 Å². The van der Waals surface area contributed by atoms with Crippen molar-refractivity contribution < 1.29 is 18.8 Å². The molecule has 0 radical (unpaired) electrons. The smallest absolute Gasteiger partial charge is 0.268 e. The van der Waals surface area contributed by atoms with Crippen LogP contribution in [0.2, 0.25) is 0 Å². The lowest BCUT2D eigenvalue weighted by atomic mass is 10.1. The molecule has 0 bridgehead atoms. The number of likely N-dealkylation sites (tertiary alicyclic amines) is 1. The first-order chi connectivity index (χ1) is 18.4. The molecule has 1 N–H and O–H groups in total. The van der Waals surface area contributed by atoms with E-state index in [0.717, 1.165) is 23.2 Å². The van der Waals surface area contributed by atoms with Crippen LogP contribution in [0, 0.1) is 0 Å². The fraction of sp³-hybridized carbons (Fsp3) is 0.296. The molecule has 4 aromatic rings. The van der Waals surface area contributed by atoms with E-state index in [-0.39, 0.29) is 23.8 Å². The lowest BCUT2D eigenvalue weighted by molar-refractivity contribution is -0.126. The Morgan fingerprint density at radius 2 is 2.05 bits per heavy atom. The van der Waals surface area contributed by atoms with Crippen LogP contribution in [0.3, 0.4) is 0 Å². The highest BCUT2D eigenvalue weighted by molar-refractivity contribution is 7.17. The van der Waals surface area contributed by atoms with E-state index in [2.05, 4.69) is 21.4 Å². The molecule has 10 nitrogen and oxygen atoms in total. The highest BCUT2D eigenvalue weighted by Crippen LogP contribution is 2.34. The Kier molecular flexibility index (Phi) is 7.10. The third kappa shape index (κ3) is 4.97.